The molecule has 0 saturated carbocycles. The molecule has 146 valence electrons. The first-order valence-electron chi connectivity index (χ1n) is 9.79. The highest BCUT2D eigenvalue weighted by molar-refractivity contribution is 7.09. The summed E-state index contributed by atoms with van der Waals surface area (Å²) in [6.07, 6.45) is 2.79. The Morgan fingerprint density at radius 2 is 2.07 bits per heavy atom. The van der Waals surface area contributed by atoms with Gasteiger partial charge in [0.05, 0.1) is 16.7 Å². The molecule has 28 heavy (non-hydrogen) atoms. The summed E-state index contributed by atoms with van der Waals surface area (Å²) in [4.78, 5) is 26.8. The van der Waals surface area contributed by atoms with Gasteiger partial charge in [-0.2, -0.15) is 0 Å². The molecule has 6 heteroatoms. The van der Waals surface area contributed by atoms with Crippen LogP contribution in [0.25, 0.3) is 10.9 Å². The van der Waals surface area contributed by atoms with Crippen molar-refractivity contribution in [2.45, 2.75) is 26.8 Å². The van der Waals surface area contributed by atoms with Gasteiger partial charge < -0.3 is 4.90 Å². The lowest BCUT2D eigenvalue weighted by Crippen LogP contribution is -2.34. The number of thiazole rings is 1. The lowest BCUT2D eigenvalue weighted by Gasteiger charge is -2.24. The van der Waals surface area contributed by atoms with Crippen molar-refractivity contribution >= 4 is 28.1 Å². The van der Waals surface area contributed by atoms with Gasteiger partial charge in [0, 0.05) is 56.1 Å². The monoisotopic (exact) mass is 394 g/mol. The summed E-state index contributed by atoms with van der Waals surface area (Å²) < 4.78 is 0. The summed E-state index contributed by atoms with van der Waals surface area (Å²) >= 11 is 1.72. The van der Waals surface area contributed by atoms with E-state index in [2.05, 4.69) is 46.1 Å². The van der Waals surface area contributed by atoms with Gasteiger partial charge in [0.1, 0.15) is 0 Å². The van der Waals surface area contributed by atoms with E-state index in [0.29, 0.717) is 5.92 Å². The molecule has 1 aliphatic heterocycles. The van der Waals surface area contributed by atoms with Crippen LogP contribution in [0, 0.1) is 12.8 Å². The molecule has 0 aliphatic carbocycles. The van der Waals surface area contributed by atoms with E-state index in [4.69, 9.17) is 0 Å². The molecular formula is C22H26N4OS. The molecule has 0 spiro atoms. The number of aryl methyl sites for hydroxylation is 1. The Hall–Kier alpha value is -2.31. The molecule has 1 amide bonds. The summed E-state index contributed by atoms with van der Waals surface area (Å²) in [5, 5.41) is 1.22. The van der Waals surface area contributed by atoms with Crippen molar-refractivity contribution in [1.82, 2.24) is 19.8 Å². The van der Waals surface area contributed by atoms with Crippen molar-refractivity contribution in [2.24, 2.45) is 5.92 Å². The van der Waals surface area contributed by atoms with Crippen LogP contribution in [0.2, 0.25) is 0 Å². The number of aromatic nitrogens is 2. The predicted octanol–water partition coefficient (Wildman–Crippen LogP) is 3.52. The smallest absolute Gasteiger partial charge is 0.219 e. The fraction of sp³-hybridized carbons (Fsp3) is 0.409. The minimum absolute atomic E-state index is 0.167. The van der Waals surface area contributed by atoms with Crippen LogP contribution in [-0.2, 0) is 17.8 Å². The highest BCUT2D eigenvalue weighted by atomic mass is 32.1. The van der Waals surface area contributed by atoms with E-state index in [-0.39, 0.29) is 5.91 Å². The second-order valence-electron chi connectivity index (χ2n) is 7.62. The first-order chi connectivity index (χ1) is 13.6. The van der Waals surface area contributed by atoms with Crippen molar-refractivity contribution in [3.63, 3.8) is 0 Å². The number of pyridine rings is 1. The second-order valence-corrected chi connectivity index (χ2v) is 8.56. The first kappa shape index (κ1) is 19.0. The minimum Gasteiger partial charge on any atom is -0.341 e. The summed E-state index contributed by atoms with van der Waals surface area (Å²) in [5.41, 5.74) is 5.39. The van der Waals surface area contributed by atoms with Crippen LogP contribution in [-0.4, -0.2) is 51.9 Å². The number of carbonyl (C=O) groups excluding carboxylic acids is 1. The normalized spacial score (nSPS) is 18.4. The number of amides is 1. The lowest BCUT2D eigenvalue weighted by molar-refractivity contribution is -0.129. The lowest BCUT2D eigenvalue weighted by atomic mass is 9.95. The van der Waals surface area contributed by atoms with Gasteiger partial charge in [-0.15, -0.1) is 11.3 Å². The zero-order valence-electron chi connectivity index (χ0n) is 16.5. The Morgan fingerprint density at radius 1 is 1.18 bits per heavy atom. The van der Waals surface area contributed by atoms with E-state index in [0.717, 1.165) is 50.4 Å². The minimum atomic E-state index is 0.167. The van der Waals surface area contributed by atoms with Gasteiger partial charge in [0.2, 0.25) is 5.91 Å². The van der Waals surface area contributed by atoms with Crippen LogP contribution in [0.3, 0.4) is 0 Å². The number of fused-ring (bicyclic) bond motifs is 1. The van der Waals surface area contributed by atoms with Crippen molar-refractivity contribution in [2.75, 3.05) is 26.2 Å². The Morgan fingerprint density at radius 3 is 2.86 bits per heavy atom. The maximum absolute atomic E-state index is 12.1. The van der Waals surface area contributed by atoms with Crippen molar-refractivity contribution in [3.8, 4) is 0 Å². The molecule has 1 aromatic carbocycles. The third kappa shape index (κ3) is 4.23. The molecule has 1 saturated heterocycles. The quantitative estimate of drug-likeness (QED) is 0.679. The molecule has 1 fully saturated rings. The molecule has 0 radical (unpaired) electrons. The van der Waals surface area contributed by atoms with Crippen LogP contribution in [0.5, 0.6) is 0 Å². The highest BCUT2D eigenvalue weighted by Gasteiger charge is 2.25. The number of hydrogen-bond donors (Lipinski definition) is 0. The molecule has 5 nitrogen and oxygen atoms in total. The number of benzene rings is 1. The second kappa shape index (κ2) is 8.37. The van der Waals surface area contributed by atoms with E-state index in [1.165, 1.54) is 15.8 Å². The van der Waals surface area contributed by atoms with Gasteiger partial charge in [-0.3, -0.25) is 14.7 Å². The zero-order chi connectivity index (χ0) is 19.5. The fourth-order valence-electron chi connectivity index (χ4n) is 4.08. The van der Waals surface area contributed by atoms with Gasteiger partial charge >= 0.3 is 0 Å². The van der Waals surface area contributed by atoms with Gasteiger partial charge in [-0.05, 0) is 37.0 Å². The van der Waals surface area contributed by atoms with Crippen LogP contribution in [0.4, 0.5) is 0 Å². The zero-order valence-corrected chi connectivity index (χ0v) is 17.3. The van der Waals surface area contributed by atoms with E-state index in [1.54, 1.807) is 18.3 Å². The number of rotatable bonds is 4. The molecule has 1 unspecified atom stereocenters. The van der Waals surface area contributed by atoms with Crippen molar-refractivity contribution < 1.29 is 4.79 Å². The van der Waals surface area contributed by atoms with Gasteiger partial charge in [-0.25, -0.2) is 4.98 Å². The third-order valence-electron chi connectivity index (χ3n) is 5.58. The average molecular weight is 395 g/mol. The van der Waals surface area contributed by atoms with Crippen LogP contribution in [0.15, 0.2) is 42.0 Å². The SMILES string of the molecule is CC(=O)N1CCN(Cc2scnc2C)CC(Cc2cccc3ncccc23)C1. The topological polar surface area (TPSA) is 49.3 Å². The Balaban J connectivity index is 1.57. The molecule has 0 N–H and O–H groups in total. The Labute approximate surface area is 170 Å². The third-order valence-corrected chi connectivity index (χ3v) is 6.50. The maximum atomic E-state index is 12.1. The van der Waals surface area contributed by atoms with Crippen molar-refractivity contribution in [1.29, 1.82) is 0 Å². The molecule has 4 rings (SSSR count). The van der Waals surface area contributed by atoms with E-state index >= 15 is 0 Å². The van der Waals surface area contributed by atoms with E-state index in [1.807, 2.05) is 22.7 Å². The summed E-state index contributed by atoms with van der Waals surface area (Å²) in [6, 6.07) is 10.5. The molecule has 0 bridgehead atoms. The largest absolute Gasteiger partial charge is 0.341 e. The molecule has 1 atom stereocenters. The Bertz CT molecular complexity index is 965. The number of carbonyl (C=O) groups is 1. The summed E-state index contributed by atoms with van der Waals surface area (Å²) in [7, 11) is 0. The molecule has 3 heterocycles. The molecule has 2 aromatic heterocycles. The van der Waals surface area contributed by atoms with Gasteiger partial charge in [-0.1, -0.05) is 18.2 Å². The highest BCUT2D eigenvalue weighted by Crippen LogP contribution is 2.24. The van der Waals surface area contributed by atoms with Crippen LogP contribution < -0.4 is 0 Å². The molecule has 1 aliphatic rings. The average Bonchev–Trinajstić information content (AvgIpc) is 2.97. The molecular weight excluding hydrogens is 368 g/mol. The van der Waals surface area contributed by atoms with E-state index in [9.17, 15) is 4.79 Å². The predicted molar refractivity (Wildman–Crippen MR) is 113 cm³/mol. The Kier molecular flexibility index (Phi) is 5.69. The molecule has 3 aromatic rings. The number of hydrogen-bond acceptors (Lipinski definition) is 5. The van der Waals surface area contributed by atoms with Gasteiger partial charge in [0.25, 0.3) is 0 Å². The van der Waals surface area contributed by atoms with Crippen molar-refractivity contribution in [3.05, 3.63) is 58.2 Å². The van der Waals surface area contributed by atoms with Crippen LogP contribution in [0.1, 0.15) is 23.1 Å². The fourth-order valence-corrected chi connectivity index (χ4v) is 4.89. The summed E-state index contributed by atoms with van der Waals surface area (Å²) in [5.74, 6) is 0.561. The standard InChI is InChI=1S/C22H26N4OS/c1-16-22(28-15-24-16)14-25-9-10-26(17(2)27)13-18(12-25)11-19-5-3-7-21-20(19)6-4-8-23-21/h3-8,15,18H,9-14H2,1-2H3. The first-order valence-corrected chi connectivity index (χ1v) is 10.7. The van der Waals surface area contributed by atoms with Crippen LogP contribution >= 0.6 is 11.3 Å². The van der Waals surface area contributed by atoms with Gasteiger partial charge in [0.15, 0.2) is 0 Å². The maximum Gasteiger partial charge on any atom is 0.219 e. The summed E-state index contributed by atoms with van der Waals surface area (Å²) in [6.45, 7) is 8.16. The number of nitrogens with zero attached hydrogens (tertiary/aromatic N) is 4. The van der Waals surface area contributed by atoms with E-state index < -0.39 is 0 Å².